The lowest BCUT2D eigenvalue weighted by Gasteiger charge is -2.02. The molecule has 0 radical (unpaired) electrons. The summed E-state index contributed by atoms with van der Waals surface area (Å²) in [6, 6.07) is 0. The van der Waals surface area contributed by atoms with Gasteiger partial charge in [0.25, 0.3) is 0 Å². The summed E-state index contributed by atoms with van der Waals surface area (Å²) in [4.78, 5) is 3.94. The van der Waals surface area contributed by atoms with Crippen LogP contribution in [-0.4, -0.2) is 11.7 Å². The van der Waals surface area contributed by atoms with Crippen LogP contribution in [0, 0.1) is 11.3 Å². The first-order valence-electron chi connectivity index (χ1n) is 3.99. The Bertz CT molecular complexity index is 159. The van der Waals surface area contributed by atoms with E-state index in [9.17, 15) is 0 Å². The molecule has 3 heteroatoms. The van der Waals surface area contributed by atoms with Crippen molar-refractivity contribution in [2.75, 3.05) is 0 Å². The van der Waals surface area contributed by atoms with Crippen molar-refractivity contribution in [1.82, 2.24) is 0 Å². The fourth-order valence-electron chi connectivity index (χ4n) is 0.596. The SMILES string of the molecule is CCCC(N)=NC(=N)C(C)C. The minimum atomic E-state index is 0.172. The van der Waals surface area contributed by atoms with E-state index in [1.165, 1.54) is 0 Å². The largest absolute Gasteiger partial charge is 0.387 e. The van der Waals surface area contributed by atoms with Crippen molar-refractivity contribution >= 4 is 11.7 Å². The molecule has 0 saturated heterocycles. The Balaban J connectivity index is 3.97. The molecule has 0 aliphatic carbocycles. The van der Waals surface area contributed by atoms with Gasteiger partial charge < -0.3 is 5.73 Å². The van der Waals surface area contributed by atoms with E-state index >= 15 is 0 Å². The Kier molecular flexibility index (Phi) is 4.50. The molecule has 0 aliphatic heterocycles. The van der Waals surface area contributed by atoms with E-state index in [4.69, 9.17) is 11.1 Å². The molecule has 0 aromatic heterocycles. The van der Waals surface area contributed by atoms with Gasteiger partial charge in [-0.1, -0.05) is 20.8 Å². The number of nitrogens with one attached hydrogen (secondary N) is 1. The molecule has 0 aromatic carbocycles. The molecule has 11 heavy (non-hydrogen) atoms. The van der Waals surface area contributed by atoms with Gasteiger partial charge in [0.15, 0.2) is 0 Å². The highest BCUT2D eigenvalue weighted by Crippen LogP contribution is 1.97. The van der Waals surface area contributed by atoms with E-state index in [0.29, 0.717) is 11.7 Å². The zero-order valence-electron chi connectivity index (χ0n) is 7.52. The number of amidine groups is 2. The molecule has 0 bridgehead atoms. The summed E-state index contributed by atoms with van der Waals surface area (Å²) in [5.41, 5.74) is 5.53. The molecule has 0 atom stereocenters. The van der Waals surface area contributed by atoms with Crippen molar-refractivity contribution in [3.63, 3.8) is 0 Å². The summed E-state index contributed by atoms with van der Waals surface area (Å²) in [5.74, 6) is 1.12. The maximum Gasteiger partial charge on any atom is 0.125 e. The summed E-state index contributed by atoms with van der Waals surface area (Å²) >= 11 is 0. The standard InChI is InChI=1S/C8H17N3/c1-4-5-7(9)11-8(10)6(2)3/h6H,4-5H2,1-3H3,(H3,9,10,11). The fourth-order valence-corrected chi connectivity index (χ4v) is 0.596. The highest BCUT2D eigenvalue weighted by Gasteiger charge is 2.00. The molecule has 3 nitrogen and oxygen atoms in total. The lowest BCUT2D eigenvalue weighted by molar-refractivity contribution is 0.862. The summed E-state index contributed by atoms with van der Waals surface area (Å²) in [6.45, 7) is 5.91. The predicted octanol–water partition coefficient (Wildman–Crippen LogP) is 1.78. The monoisotopic (exact) mass is 155 g/mol. The van der Waals surface area contributed by atoms with E-state index in [1.807, 2.05) is 20.8 Å². The van der Waals surface area contributed by atoms with Gasteiger partial charge in [-0.2, -0.15) is 0 Å². The number of nitrogens with zero attached hydrogens (tertiary/aromatic N) is 1. The minimum Gasteiger partial charge on any atom is -0.387 e. The molecule has 0 aromatic rings. The van der Waals surface area contributed by atoms with Gasteiger partial charge in [0, 0.05) is 12.3 Å². The third kappa shape index (κ3) is 4.53. The van der Waals surface area contributed by atoms with Gasteiger partial charge in [-0.05, 0) is 6.42 Å². The lowest BCUT2D eigenvalue weighted by Crippen LogP contribution is -2.15. The Hall–Kier alpha value is -0.860. The third-order valence-corrected chi connectivity index (χ3v) is 1.32. The smallest absolute Gasteiger partial charge is 0.125 e. The molecule has 0 saturated carbocycles. The molecule has 64 valence electrons. The van der Waals surface area contributed by atoms with Crippen molar-refractivity contribution in [1.29, 1.82) is 5.41 Å². The molecule has 0 fully saturated rings. The van der Waals surface area contributed by atoms with E-state index in [0.717, 1.165) is 12.8 Å². The molecule has 0 heterocycles. The Morgan fingerprint density at radius 1 is 1.55 bits per heavy atom. The third-order valence-electron chi connectivity index (χ3n) is 1.32. The van der Waals surface area contributed by atoms with Gasteiger partial charge in [0.2, 0.25) is 0 Å². The average Bonchev–Trinajstić information content (AvgIpc) is 1.87. The molecular formula is C8H17N3. The van der Waals surface area contributed by atoms with Crippen LogP contribution in [0.3, 0.4) is 0 Å². The van der Waals surface area contributed by atoms with Crippen LogP contribution >= 0.6 is 0 Å². The highest BCUT2D eigenvalue weighted by atomic mass is 14.9. The van der Waals surface area contributed by atoms with Gasteiger partial charge in [-0.15, -0.1) is 0 Å². The zero-order chi connectivity index (χ0) is 8.85. The summed E-state index contributed by atoms with van der Waals surface area (Å²) in [5, 5.41) is 7.38. The molecular weight excluding hydrogens is 138 g/mol. The molecule has 0 amide bonds. The molecule has 0 aliphatic rings. The summed E-state index contributed by atoms with van der Waals surface area (Å²) in [6.07, 6.45) is 1.77. The van der Waals surface area contributed by atoms with Crippen LogP contribution in [0.15, 0.2) is 4.99 Å². The van der Waals surface area contributed by atoms with Crippen molar-refractivity contribution in [3.05, 3.63) is 0 Å². The Morgan fingerprint density at radius 2 is 2.09 bits per heavy atom. The van der Waals surface area contributed by atoms with Crippen LogP contribution in [0.5, 0.6) is 0 Å². The van der Waals surface area contributed by atoms with Crippen LogP contribution in [0.25, 0.3) is 0 Å². The second-order valence-electron chi connectivity index (χ2n) is 2.89. The Labute approximate surface area is 68.2 Å². The van der Waals surface area contributed by atoms with Gasteiger partial charge in [0.05, 0.1) is 0 Å². The van der Waals surface area contributed by atoms with Crippen LogP contribution < -0.4 is 5.73 Å². The van der Waals surface area contributed by atoms with E-state index in [1.54, 1.807) is 0 Å². The normalized spacial score (nSPS) is 12.2. The topological polar surface area (TPSA) is 62.2 Å². The minimum absolute atomic E-state index is 0.172. The van der Waals surface area contributed by atoms with E-state index in [-0.39, 0.29) is 5.92 Å². The van der Waals surface area contributed by atoms with Gasteiger partial charge in [-0.25, -0.2) is 4.99 Å². The number of nitrogens with two attached hydrogens (primary N) is 1. The first-order chi connectivity index (χ1) is 5.07. The highest BCUT2D eigenvalue weighted by molar-refractivity contribution is 5.95. The first kappa shape index (κ1) is 10.1. The molecule has 0 unspecified atom stereocenters. The molecule has 3 N–H and O–H groups in total. The summed E-state index contributed by atoms with van der Waals surface area (Å²) in [7, 11) is 0. The van der Waals surface area contributed by atoms with E-state index in [2.05, 4.69) is 4.99 Å². The van der Waals surface area contributed by atoms with Crippen molar-refractivity contribution in [2.24, 2.45) is 16.6 Å². The number of hydrogen-bond donors (Lipinski definition) is 2. The quantitative estimate of drug-likeness (QED) is 0.473. The maximum atomic E-state index is 7.38. The second kappa shape index (κ2) is 4.88. The second-order valence-corrected chi connectivity index (χ2v) is 2.89. The van der Waals surface area contributed by atoms with Gasteiger partial charge >= 0.3 is 0 Å². The van der Waals surface area contributed by atoms with Gasteiger partial charge in [-0.3, -0.25) is 5.41 Å². The maximum absolute atomic E-state index is 7.38. The van der Waals surface area contributed by atoms with Crippen LogP contribution in [-0.2, 0) is 0 Å². The van der Waals surface area contributed by atoms with E-state index < -0.39 is 0 Å². The van der Waals surface area contributed by atoms with Crippen LogP contribution in [0.4, 0.5) is 0 Å². The Morgan fingerprint density at radius 3 is 2.45 bits per heavy atom. The predicted molar refractivity (Wildman–Crippen MR) is 49.1 cm³/mol. The number of rotatable bonds is 3. The summed E-state index contributed by atoms with van der Waals surface area (Å²) < 4.78 is 0. The number of aliphatic imine (C=N–C) groups is 1. The molecule has 0 rings (SSSR count). The first-order valence-corrected chi connectivity index (χ1v) is 3.99. The fraction of sp³-hybridized carbons (Fsp3) is 0.750. The lowest BCUT2D eigenvalue weighted by atomic mass is 10.2. The molecule has 0 spiro atoms. The van der Waals surface area contributed by atoms with Crippen molar-refractivity contribution < 1.29 is 0 Å². The van der Waals surface area contributed by atoms with Crippen LogP contribution in [0.1, 0.15) is 33.6 Å². The zero-order valence-corrected chi connectivity index (χ0v) is 7.52. The number of hydrogen-bond acceptors (Lipinski definition) is 1. The van der Waals surface area contributed by atoms with Gasteiger partial charge in [0.1, 0.15) is 11.7 Å². The van der Waals surface area contributed by atoms with Crippen molar-refractivity contribution in [2.45, 2.75) is 33.6 Å². The van der Waals surface area contributed by atoms with Crippen molar-refractivity contribution in [3.8, 4) is 0 Å². The van der Waals surface area contributed by atoms with Crippen LogP contribution in [0.2, 0.25) is 0 Å². The average molecular weight is 155 g/mol.